The lowest BCUT2D eigenvalue weighted by atomic mass is 10.2. The zero-order chi connectivity index (χ0) is 18.6. The molecular weight excluding hydrogens is 994 g/mol. The number of halogens is 6. The van der Waals surface area contributed by atoms with Crippen molar-refractivity contribution in [3.63, 3.8) is 0 Å². The van der Waals surface area contributed by atoms with Gasteiger partial charge in [0, 0.05) is 21.4 Å². The summed E-state index contributed by atoms with van der Waals surface area (Å²) < 4.78 is 5.81. The number of aromatic carboxylic acids is 2. The standard InChI is InChI=1S/2C7H3I3O2/c2*8-4-2-1-3(7(11)12)5(9)6(4)10/h2*1-2H,(H,11,12). The number of benzene rings is 2. The SMILES string of the molecule is O=C(O)c1ccc(I)c(I)c1I.O=C(O)c1ccc(I)c(I)c1I. The van der Waals surface area contributed by atoms with Gasteiger partial charge in [-0.05, 0) is 160 Å². The van der Waals surface area contributed by atoms with Gasteiger partial charge in [0.05, 0.1) is 11.1 Å². The van der Waals surface area contributed by atoms with Crippen LogP contribution in [0.15, 0.2) is 24.3 Å². The average Bonchev–Trinajstić information content (AvgIpc) is 2.50. The van der Waals surface area contributed by atoms with Gasteiger partial charge in [0.1, 0.15) is 0 Å². The van der Waals surface area contributed by atoms with Crippen LogP contribution in [0, 0.1) is 21.4 Å². The fraction of sp³-hybridized carbons (Fsp3) is 0. The summed E-state index contributed by atoms with van der Waals surface area (Å²) in [7, 11) is 0. The fourth-order valence-electron chi connectivity index (χ4n) is 1.38. The van der Waals surface area contributed by atoms with E-state index in [1.54, 1.807) is 12.1 Å². The number of carboxylic acids is 2. The Balaban J connectivity index is 0.000000240. The minimum atomic E-state index is -0.867. The monoisotopic (exact) mass is 999 g/mol. The van der Waals surface area contributed by atoms with Crippen molar-refractivity contribution < 1.29 is 19.8 Å². The molecule has 0 heterocycles. The molecule has 0 aliphatic heterocycles. The summed E-state index contributed by atoms with van der Waals surface area (Å²) >= 11 is 12.8. The van der Waals surface area contributed by atoms with Gasteiger partial charge in [-0.1, -0.05) is 0 Å². The lowest BCUT2D eigenvalue weighted by Gasteiger charge is -2.02. The van der Waals surface area contributed by atoms with E-state index in [0.717, 1.165) is 21.4 Å². The molecule has 0 saturated heterocycles. The maximum absolute atomic E-state index is 10.7. The maximum atomic E-state index is 10.7. The second-order valence-corrected chi connectivity index (χ2v) is 10.7. The molecule has 2 aromatic rings. The Hall–Kier alpha value is 1.76. The Bertz CT molecular complexity index is 739. The van der Waals surface area contributed by atoms with Crippen LogP contribution in [0.3, 0.4) is 0 Å². The first-order valence-corrected chi connectivity index (χ1v) is 12.3. The van der Waals surface area contributed by atoms with E-state index in [-0.39, 0.29) is 0 Å². The van der Waals surface area contributed by atoms with Crippen LogP contribution in [-0.4, -0.2) is 22.2 Å². The van der Waals surface area contributed by atoms with Crippen LogP contribution in [0.4, 0.5) is 0 Å². The van der Waals surface area contributed by atoms with Crippen LogP contribution in [-0.2, 0) is 0 Å². The third-order valence-corrected chi connectivity index (χ3v) is 12.9. The van der Waals surface area contributed by atoms with Gasteiger partial charge in [-0.2, -0.15) is 0 Å². The summed E-state index contributed by atoms with van der Waals surface area (Å²) in [5.41, 5.74) is 0.751. The van der Waals surface area contributed by atoms with E-state index in [2.05, 4.69) is 136 Å². The van der Waals surface area contributed by atoms with Crippen molar-refractivity contribution in [1.82, 2.24) is 0 Å². The molecule has 0 fully saturated rings. The van der Waals surface area contributed by atoms with E-state index in [4.69, 9.17) is 10.2 Å². The summed E-state index contributed by atoms with van der Waals surface area (Å²) in [5, 5.41) is 17.5. The molecule has 0 spiro atoms. The van der Waals surface area contributed by atoms with Crippen LogP contribution in [0.2, 0.25) is 0 Å². The highest BCUT2D eigenvalue weighted by molar-refractivity contribution is 14.1. The molecule has 0 bridgehead atoms. The van der Waals surface area contributed by atoms with E-state index in [1.807, 2.05) is 12.1 Å². The highest BCUT2D eigenvalue weighted by atomic mass is 127. The van der Waals surface area contributed by atoms with Gasteiger partial charge in [-0.3, -0.25) is 0 Å². The van der Waals surface area contributed by atoms with E-state index in [1.165, 1.54) is 0 Å². The predicted molar refractivity (Wildman–Crippen MR) is 143 cm³/mol. The summed E-state index contributed by atoms with van der Waals surface area (Å²) in [6, 6.07) is 6.89. The van der Waals surface area contributed by atoms with E-state index < -0.39 is 11.9 Å². The maximum Gasteiger partial charge on any atom is 0.336 e. The van der Waals surface area contributed by atoms with Crippen molar-refractivity contribution in [2.45, 2.75) is 0 Å². The van der Waals surface area contributed by atoms with E-state index in [9.17, 15) is 9.59 Å². The van der Waals surface area contributed by atoms with Crippen molar-refractivity contribution in [2.75, 3.05) is 0 Å². The molecule has 0 aliphatic rings. The zero-order valence-electron chi connectivity index (χ0n) is 11.3. The Kier molecular flexibility index (Phi) is 10.8. The summed E-state index contributed by atoms with van der Waals surface area (Å²) in [6.07, 6.45) is 0. The third kappa shape index (κ3) is 6.43. The van der Waals surface area contributed by atoms with Gasteiger partial charge in [0.2, 0.25) is 0 Å². The Morgan fingerprint density at radius 2 is 0.875 bits per heavy atom. The quantitative estimate of drug-likeness (QED) is 0.270. The normalized spacial score (nSPS) is 9.92. The van der Waals surface area contributed by atoms with Gasteiger partial charge in [-0.25, -0.2) is 9.59 Å². The van der Waals surface area contributed by atoms with Crippen LogP contribution in [0.1, 0.15) is 20.7 Å². The molecule has 10 heteroatoms. The van der Waals surface area contributed by atoms with Crippen LogP contribution in [0.5, 0.6) is 0 Å². The van der Waals surface area contributed by atoms with Crippen LogP contribution in [0.25, 0.3) is 0 Å². The Morgan fingerprint density at radius 1 is 0.583 bits per heavy atom. The lowest BCUT2D eigenvalue weighted by Crippen LogP contribution is -2.02. The van der Waals surface area contributed by atoms with Crippen molar-refractivity contribution in [2.24, 2.45) is 0 Å². The number of hydrogen-bond donors (Lipinski definition) is 2. The van der Waals surface area contributed by atoms with Gasteiger partial charge in [0.25, 0.3) is 0 Å². The molecule has 2 rings (SSSR count). The topological polar surface area (TPSA) is 74.6 Å². The number of carboxylic acid groups (broad SMARTS) is 2. The molecule has 0 saturated carbocycles. The second-order valence-electron chi connectivity index (χ2n) is 4.06. The molecule has 0 aliphatic carbocycles. The second kappa shape index (κ2) is 10.9. The number of carbonyl (C=O) groups is 2. The summed E-state index contributed by atoms with van der Waals surface area (Å²) in [5.74, 6) is -1.73. The third-order valence-electron chi connectivity index (χ3n) is 2.53. The average molecular weight is 1000 g/mol. The largest absolute Gasteiger partial charge is 0.478 e. The zero-order valence-corrected chi connectivity index (χ0v) is 24.2. The lowest BCUT2D eigenvalue weighted by molar-refractivity contribution is 0.0684. The van der Waals surface area contributed by atoms with E-state index in [0.29, 0.717) is 11.1 Å². The molecular formula is C14H6I6O4. The molecule has 0 radical (unpaired) electrons. The van der Waals surface area contributed by atoms with Crippen molar-refractivity contribution >= 4 is 147 Å². The van der Waals surface area contributed by atoms with Gasteiger partial charge in [0.15, 0.2) is 0 Å². The molecule has 0 atom stereocenters. The van der Waals surface area contributed by atoms with E-state index >= 15 is 0 Å². The van der Waals surface area contributed by atoms with Gasteiger partial charge in [-0.15, -0.1) is 0 Å². The smallest absolute Gasteiger partial charge is 0.336 e. The number of hydrogen-bond acceptors (Lipinski definition) is 2. The molecule has 4 nitrogen and oxygen atoms in total. The first-order chi connectivity index (χ1) is 11.1. The molecule has 2 aromatic carbocycles. The molecule has 24 heavy (non-hydrogen) atoms. The fourth-order valence-corrected chi connectivity index (χ4v) is 5.66. The predicted octanol–water partition coefficient (Wildman–Crippen LogP) is 6.40. The van der Waals surface area contributed by atoms with Crippen LogP contribution >= 0.6 is 136 Å². The first kappa shape index (κ1) is 23.8. The van der Waals surface area contributed by atoms with Crippen molar-refractivity contribution in [1.29, 1.82) is 0 Å². The molecule has 0 amide bonds. The molecule has 128 valence electrons. The molecule has 0 unspecified atom stereocenters. The molecule has 0 aromatic heterocycles. The van der Waals surface area contributed by atoms with Gasteiger partial charge < -0.3 is 10.2 Å². The summed E-state index contributed by atoms with van der Waals surface area (Å²) in [6.45, 7) is 0. The highest BCUT2D eigenvalue weighted by Gasteiger charge is 2.13. The first-order valence-electron chi connectivity index (χ1n) is 5.81. The van der Waals surface area contributed by atoms with Crippen molar-refractivity contribution in [3.05, 3.63) is 56.8 Å². The minimum Gasteiger partial charge on any atom is -0.478 e. The Labute approximate surface area is 220 Å². The highest BCUT2D eigenvalue weighted by Crippen LogP contribution is 2.25. The number of rotatable bonds is 2. The van der Waals surface area contributed by atoms with Gasteiger partial charge >= 0.3 is 11.9 Å². The Morgan fingerprint density at radius 3 is 1.12 bits per heavy atom. The van der Waals surface area contributed by atoms with Crippen molar-refractivity contribution in [3.8, 4) is 0 Å². The minimum absolute atomic E-state index is 0.375. The molecule has 2 N–H and O–H groups in total. The van der Waals surface area contributed by atoms with Crippen LogP contribution < -0.4 is 0 Å². The summed E-state index contributed by atoms with van der Waals surface area (Å²) in [4.78, 5) is 21.3.